The van der Waals surface area contributed by atoms with Crippen molar-refractivity contribution in [3.63, 3.8) is 0 Å². The van der Waals surface area contributed by atoms with Crippen molar-refractivity contribution in [3.8, 4) is 0 Å². The summed E-state index contributed by atoms with van der Waals surface area (Å²) in [5.41, 5.74) is 0.711. The van der Waals surface area contributed by atoms with Crippen molar-refractivity contribution in [2.75, 3.05) is 51.1 Å². The van der Waals surface area contributed by atoms with Crippen molar-refractivity contribution in [2.24, 2.45) is 0 Å². The lowest BCUT2D eigenvalue weighted by atomic mass is 10.1. The van der Waals surface area contributed by atoms with Crippen LogP contribution in [0.4, 0.5) is 10.5 Å². The fourth-order valence-electron chi connectivity index (χ4n) is 3.49. The summed E-state index contributed by atoms with van der Waals surface area (Å²) in [6.45, 7) is 9.05. The molecule has 3 rings (SSSR count). The second-order valence-electron chi connectivity index (χ2n) is 7.34. The van der Waals surface area contributed by atoms with Gasteiger partial charge >= 0.3 is 6.03 Å². The highest BCUT2D eigenvalue weighted by Crippen LogP contribution is 2.15. The van der Waals surface area contributed by atoms with Crippen molar-refractivity contribution in [3.05, 3.63) is 29.3 Å². The molecule has 0 aliphatic carbocycles. The van der Waals surface area contributed by atoms with Crippen LogP contribution >= 0.6 is 11.6 Å². The Kier molecular flexibility index (Phi) is 6.57. The van der Waals surface area contributed by atoms with Crippen LogP contribution in [0.1, 0.15) is 13.8 Å². The first-order chi connectivity index (χ1) is 12.9. The predicted molar refractivity (Wildman–Crippen MR) is 107 cm³/mol. The number of urea groups is 1. The van der Waals surface area contributed by atoms with E-state index < -0.39 is 0 Å². The lowest BCUT2D eigenvalue weighted by Gasteiger charge is -2.40. The molecule has 2 aliphatic rings. The number of carbonyl (C=O) groups is 2. The number of amides is 3. The Balaban J connectivity index is 1.48. The summed E-state index contributed by atoms with van der Waals surface area (Å²) in [4.78, 5) is 31.2. The van der Waals surface area contributed by atoms with Crippen LogP contribution in [0.15, 0.2) is 24.3 Å². The number of benzene rings is 1. The molecule has 8 heteroatoms. The third-order valence-electron chi connectivity index (χ3n) is 5.21. The highest BCUT2D eigenvalue weighted by atomic mass is 35.5. The van der Waals surface area contributed by atoms with Gasteiger partial charge in [0.25, 0.3) is 0 Å². The maximum atomic E-state index is 12.8. The highest BCUT2D eigenvalue weighted by molar-refractivity contribution is 6.30. The van der Waals surface area contributed by atoms with E-state index in [1.807, 2.05) is 4.90 Å². The topological polar surface area (TPSA) is 67.9 Å². The fourth-order valence-corrected chi connectivity index (χ4v) is 3.62. The first kappa shape index (κ1) is 19.9. The first-order valence-electron chi connectivity index (χ1n) is 9.52. The van der Waals surface area contributed by atoms with Gasteiger partial charge in [-0.05, 0) is 38.1 Å². The molecule has 2 fully saturated rings. The third kappa shape index (κ3) is 5.12. The van der Waals surface area contributed by atoms with Crippen LogP contribution in [0.3, 0.4) is 0 Å². The van der Waals surface area contributed by atoms with E-state index in [0.29, 0.717) is 42.9 Å². The normalized spacial score (nSPS) is 21.4. The first-order valence-corrected chi connectivity index (χ1v) is 9.89. The van der Waals surface area contributed by atoms with Gasteiger partial charge in [-0.15, -0.1) is 0 Å². The molecule has 1 aromatic rings. The molecular formula is C19H28ClN5O2. The predicted octanol–water partition coefficient (Wildman–Crippen LogP) is 1.70. The lowest BCUT2D eigenvalue weighted by molar-refractivity contribution is -0.136. The van der Waals surface area contributed by atoms with Crippen LogP contribution in [-0.2, 0) is 4.79 Å². The zero-order valence-electron chi connectivity index (χ0n) is 15.9. The number of hydrogen-bond acceptors (Lipinski definition) is 4. The van der Waals surface area contributed by atoms with Gasteiger partial charge < -0.3 is 20.4 Å². The molecular weight excluding hydrogens is 366 g/mol. The molecule has 2 heterocycles. The van der Waals surface area contributed by atoms with Gasteiger partial charge in [-0.3, -0.25) is 9.69 Å². The van der Waals surface area contributed by atoms with Crippen LogP contribution in [0.25, 0.3) is 0 Å². The summed E-state index contributed by atoms with van der Waals surface area (Å²) in [5, 5.41) is 6.84. The summed E-state index contributed by atoms with van der Waals surface area (Å²) in [6.07, 6.45) is 0. The molecule has 2 saturated heterocycles. The average Bonchev–Trinajstić information content (AvgIpc) is 2.69. The van der Waals surface area contributed by atoms with Crippen molar-refractivity contribution in [1.82, 2.24) is 20.0 Å². The van der Waals surface area contributed by atoms with E-state index in [2.05, 4.69) is 29.4 Å². The Morgan fingerprint density at radius 3 is 2.33 bits per heavy atom. The van der Waals surface area contributed by atoms with E-state index in [0.717, 1.165) is 19.6 Å². The van der Waals surface area contributed by atoms with Gasteiger partial charge in [0, 0.05) is 62.6 Å². The van der Waals surface area contributed by atoms with E-state index in [1.165, 1.54) is 0 Å². The van der Waals surface area contributed by atoms with E-state index in [1.54, 1.807) is 29.2 Å². The lowest BCUT2D eigenvalue weighted by Crippen LogP contribution is -2.61. The summed E-state index contributed by atoms with van der Waals surface area (Å²) < 4.78 is 0. The number of nitrogens with one attached hydrogen (secondary N) is 2. The van der Waals surface area contributed by atoms with Crippen molar-refractivity contribution < 1.29 is 9.59 Å². The molecule has 0 spiro atoms. The molecule has 0 saturated carbocycles. The molecule has 148 valence electrons. The molecule has 0 aromatic heterocycles. The summed E-state index contributed by atoms with van der Waals surface area (Å²) in [6, 6.07) is 7.17. The minimum absolute atomic E-state index is 0.137. The SMILES string of the molecule is CC(C)N1CCN[C@@H](C(=O)N2CCN(C(=O)Nc3ccc(Cl)cc3)CC2)C1. The Morgan fingerprint density at radius 1 is 1.07 bits per heavy atom. The number of rotatable bonds is 3. The summed E-state index contributed by atoms with van der Waals surface area (Å²) in [5.74, 6) is 0.137. The second-order valence-corrected chi connectivity index (χ2v) is 7.78. The Bertz CT molecular complexity index is 659. The monoisotopic (exact) mass is 393 g/mol. The maximum Gasteiger partial charge on any atom is 0.321 e. The summed E-state index contributed by atoms with van der Waals surface area (Å²) in [7, 11) is 0. The van der Waals surface area contributed by atoms with Crippen LogP contribution in [-0.4, -0.2) is 84.5 Å². The number of anilines is 1. The van der Waals surface area contributed by atoms with Gasteiger partial charge in [0.05, 0.1) is 6.04 Å². The van der Waals surface area contributed by atoms with E-state index in [9.17, 15) is 9.59 Å². The maximum absolute atomic E-state index is 12.8. The molecule has 0 bridgehead atoms. The minimum atomic E-state index is -0.157. The third-order valence-corrected chi connectivity index (χ3v) is 5.46. The van der Waals surface area contributed by atoms with Crippen LogP contribution in [0, 0.1) is 0 Å². The fraction of sp³-hybridized carbons (Fsp3) is 0.579. The highest BCUT2D eigenvalue weighted by Gasteiger charge is 2.32. The quantitative estimate of drug-likeness (QED) is 0.820. The molecule has 2 aliphatic heterocycles. The average molecular weight is 394 g/mol. The number of nitrogens with zero attached hydrogens (tertiary/aromatic N) is 3. The Hall–Kier alpha value is -1.83. The number of piperazine rings is 2. The molecule has 0 radical (unpaired) electrons. The number of halogens is 1. The van der Waals surface area contributed by atoms with E-state index >= 15 is 0 Å². The number of hydrogen-bond donors (Lipinski definition) is 2. The van der Waals surface area contributed by atoms with Gasteiger partial charge in [-0.25, -0.2) is 4.79 Å². The van der Waals surface area contributed by atoms with Gasteiger partial charge in [-0.2, -0.15) is 0 Å². The van der Waals surface area contributed by atoms with E-state index in [-0.39, 0.29) is 18.0 Å². The molecule has 1 atom stereocenters. The molecule has 7 nitrogen and oxygen atoms in total. The molecule has 1 aromatic carbocycles. The molecule has 2 N–H and O–H groups in total. The van der Waals surface area contributed by atoms with Crippen molar-refractivity contribution in [1.29, 1.82) is 0 Å². The zero-order valence-corrected chi connectivity index (χ0v) is 16.7. The Labute approximate surface area is 165 Å². The number of carbonyl (C=O) groups excluding carboxylic acids is 2. The van der Waals surface area contributed by atoms with Crippen LogP contribution < -0.4 is 10.6 Å². The second kappa shape index (κ2) is 8.91. The van der Waals surface area contributed by atoms with Gasteiger partial charge in [-0.1, -0.05) is 11.6 Å². The summed E-state index contributed by atoms with van der Waals surface area (Å²) >= 11 is 5.86. The largest absolute Gasteiger partial charge is 0.338 e. The van der Waals surface area contributed by atoms with E-state index in [4.69, 9.17) is 11.6 Å². The van der Waals surface area contributed by atoms with Gasteiger partial charge in [0.1, 0.15) is 0 Å². The molecule has 0 unspecified atom stereocenters. The molecule has 27 heavy (non-hydrogen) atoms. The Morgan fingerprint density at radius 2 is 1.70 bits per heavy atom. The zero-order chi connectivity index (χ0) is 19.4. The standard InChI is InChI=1S/C19H28ClN5O2/c1-14(2)25-8-7-21-17(13-25)18(26)23-9-11-24(12-10-23)19(27)22-16-5-3-15(20)4-6-16/h3-6,14,17,21H,7-13H2,1-2H3,(H,22,27)/t17-/m1/s1. The van der Waals surface area contributed by atoms with Gasteiger partial charge in [0.2, 0.25) is 5.91 Å². The van der Waals surface area contributed by atoms with Crippen molar-refractivity contribution >= 4 is 29.2 Å². The molecule has 3 amide bonds. The minimum Gasteiger partial charge on any atom is -0.338 e. The smallest absolute Gasteiger partial charge is 0.321 e. The van der Waals surface area contributed by atoms with Crippen LogP contribution in [0.5, 0.6) is 0 Å². The van der Waals surface area contributed by atoms with Crippen LogP contribution in [0.2, 0.25) is 5.02 Å². The van der Waals surface area contributed by atoms with Gasteiger partial charge in [0.15, 0.2) is 0 Å². The van der Waals surface area contributed by atoms with Crippen molar-refractivity contribution in [2.45, 2.75) is 25.9 Å².